The topological polar surface area (TPSA) is 88.4 Å². The monoisotopic (exact) mass is 367 g/mol. The molecule has 1 aliphatic carbocycles. The quantitative estimate of drug-likeness (QED) is 0.789. The summed E-state index contributed by atoms with van der Waals surface area (Å²) in [6.45, 7) is 2.30. The summed E-state index contributed by atoms with van der Waals surface area (Å²) in [5.74, 6) is 2.28. The predicted octanol–water partition coefficient (Wildman–Crippen LogP) is 0.907. The first-order valence-electron chi connectivity index (χ1n) is 9.10. The van der Waals surface area contributed by atoms with Gasteiger partial charge in [-0.2, -0.15) is 4.31 Å². The first kappa shape index (κ1) is 17.0. The zero-order valence-electron chi connectivity index (χ0n) is 14.6. The predicted molar refractivity (Wildman–Crippen MR) is 90.9 cm³/mol. The minimum absolute atomic E-state index is 0.203. The van der Waals surface area contributed by atoms with E-state index in [0.29, 0.717) is 38.5 Å². The molecule has 9 heteroatoms. The summed E-state index contributed by atoms with van der Waals surface area (Å²) in [6, 6.07) is -0.237. The van der Waals surface area contributed by atoms with Gasteiger partial charge in [0.25, 0.3) is 0 Å². The van der Waals surface area contributed by atoms with Gasteiger partial charge < -0.3 is 9.47 Å². The van der Waals surface area contributed by atoms with E-state index in [2.05, 4.69) is 10.2 Å². The maximum Gasteiger partial charge on any atom is 0.223 e. The SMILES string of the molecule is CS(=O)(=O)N1CCCCC1c1nnc2n1CCN(C(=O)CC1CC1)C2. The average molecular weight is 367 g/mol. The van der Waals surface area contributed by atoms with Crippen LogP contribution in [0, 0.1) is 5.92 Å². The molecule has 138 valence electrons. The van der Waals surface area contributed by atoms with Crippen molar-refractivity contribution in [2.45, 2.75) is 57.7 Å². The molecule has 8 nitrogen and oxygen atoms in total. The third-order valence-electron chi connectivity index (χ3n) is 5.47. The number of aromatic nitrogens is 3. The third kappa shape index (κ3) is 3.44. The lowest BCUT2D eigenvalue weighted by Gasteiger charge is -2.34. The summed E-state index contributed by atoms with van der Waals surface area (Å²) in [5, 5.41) is 8.59. The maximum absolute atomic E-state index is 12.3. The Morgan fingerprint density at radius 1 is 1.12 bits per heavy atom. The molecule has 1 aromatic rings. The Hall–Kier alpha value is -1.48. The molecule has 2 aliphatic heterocycles. The van der Waals surface area contributed by atoms with E-state index in [9.17, 15) is 13.2 Å². The molecule has 1 aromatic heterocycles. The number of piperidine rings is 1. The number of fused-ring (bicyclic) bond motifs is 1. The van der Waals surface area contributed by atoms with Crippen LogP contribution < -0.4 is 0 Å². The van der Waals surface area contributed by atoms with Gasteiger partial charge in [0.2, 0.25) is 15.9 Å². The largest absolute Gasteiger partial charge is 0.333 e. The van der Waals surface area contributed by atoms with Gasteiger partial charge in [-0.25, -0.2) is 8.42 Å². The molecule has 1 atom stereocenters. The fraction of sp³-hybridized carbons (Fsp3) is 0.812. The number of rotatable bonds is 4. The molecule has 0 N–H and O–H groups in total. The van der Waals surface area contributed by atoms with Gasteiger partial charge in [0.15, 0.2) is 11.6 Å². The van der Waals surface area contributed by atoms with E-state index in [4.69, 9.17) is 0 Å². The van der Waals surface area contributed by atoms with Crippen molar-refractivity contribution in [2.75, 3.05) is 19.3 Å². The zero-order valence-corrected chi connectivity index (χ0v) is 15.4. The Labute approximate surface area is 148 Å². The molecule has 0 aromatic carbocycles. The number of amides is 1. The number of hydrogen-bond donors (Lipinski definition) is 0. The summed E-state index contributed by atoms with van der Waals surface area (Å²) < 4.78 is 27.8. The van der Waals surface area contributed by atoms with Crippen LogP contribution >= 0.6 is 0 Å². The number of hydrogen-bond acceptors (Lipinski definition) is 5. The fourth-order valence-electron chi connectivity index (χ4n) is 3.90. The van der Waals surface area contributed by atoms with Gasteiger partial charge in [-0.1, -0.05) is 6.42 Å². The van der Waals surface area contributed by atoms with E-state index < -0.39 is 10.0 Å². The molecule has 25 heavy (non-hydrogen) atoms. The van der Waals surface area contributed by atoms with Crippen LogP contribution in [-0.4, -0.2) is 57.6 Å². The molecule has 0 bridgehead atoms. The van der Waals surface area contributed by atoms with E-state index in [0.717, 1.165) is 30.9 Å². The standard InChI is InChI=1S/C16H25N5O3S/c1-25(23,24)21-7-3-2-4-13(21)16-18-17-14-11-19(8-9-20(14)16)15(22)10-12-5-6-12/h12-13H,2-11H2,1H3. The second-order valence-electron chi connectivity index (χ2n) is 7.47. The smallest absolute Gasteiger partial charge is 0.223 e. The van der Waals surface area contributed by atoms with Crippen molar-refractivity contribution in [1.29, 1.82) is 0 Å². The number of carbonyl (C=O) groups excluding carboxylic acids is 1. The first-order chi connectivity index (χ1) is 11.9. The minimum Gasteiger partial charge on any atom is -0.333 e. The highest BCUT2D eigenvalue weighted by Crippen LogP contribution is 2.34. The van der Waals surface area contributed by atoms with E-state index in [-0.39, 0.29) is 11.9 Å². The highest BCUT2D eigenvalue weighted by atomic mass is 32.2. The van der Waals surface area contributed by atoms with Gasteiger partial charge in [-0.3, -0.25) is 4.79 Å². The van der Waals surface area contributed by atoms with Crippen molar-refractivity contribution in [1.82, 2.24) is 24.0 Å². The van der Waals surface area contributed by atoms with Crippen molar-refractivity contribution >= 4 is 15.9 Å². The zero-order chi connectivity index (χ0) is 17.6. The molecular weight excluding hydrogens is 342 g/mol. The number of carbonyl (C=O) groups is 1. The molecule has 1 unspecified atom stereocenters. The van der Waals surface area contributed by atoms with Gasteiger partial charge >= 0.3 is 0 Å². The van der Waals surface area contributed by atoms with E-state index in [1.807, 2.05) is 9.47 Å². The third-order valence-corrected chi connectivity index (χ3v) is 6.76. The number of nitrogens with zero attached hydrogens (tertiary/aromatic N) is 5. The molecule has 2 fully saturated rings. The van der Waals surface area contributed by atoms with Crippen LogP contribution in [0.3, 0.4) is 0 Å². The van der Waals surface area contributed by atoms with Crippen LogP contribution in [0.1, 0.15) is 56.2 Å². The minimum atomic E-state index is -3.27. The Balaban J connectivity index is 1.54. The summed E-state index contributed by atoms with van der Waals surface area (Å²) >= 11 is 0. The highest BCUT2D eigenvalue weighted by Gasteiger charge is 2.36. The van der Waals surface area contributed by atoms with Crippen LogP contribution in [0.15, 0.2) is 0 Å². The van der Waals surface area contributed by atoms with E-state index in [1.165, 1.54) is 19.1 Å². The second kappa shape index (κ2) is 6.35. The van der Waals surface area contributed by atoms with Gasteiger partial charge in [0, 0.05) is 26.1 Å². The van der Waals surface area contributed by atoms with Crippen LogP contribution in [0.5, 0.6) is 0 Å². The van der Waals surface area contributed by atoms with Crippen molar-refractivity contribution < 1.29 is 13.2 Å². The number of sulfonamides is 1. The molecular formula is C16H25N5O3S. The maximum atomic E-state index is 12.3. The molecule has 3 aliphatic rings. The van der Waals surface area contributed by atoms with Crippen molar-refractivity contribution in [2.24, 2.45) is 5.92 Å². The van der Waals surface area contributed by atoms with Crippen molar-refractivity contribution in [3.8, 4) is 0 Å². The van der Waals surface area contributed by atoms with Gasteiger partial charge in [-0.05, 0) is 31.6 Å². The Morgan fingerprint density at radius 2 is 1.92 bits per heavy atom. The average Bonchev–Trinajstić information content (AvgIpc) is 3.29. The first-order valence-corrected chi connectivity index (χ1v) is 10.9. The van der Waals surface area contributed by atoms with Crippen LogP contribution in [0.2, 0.25) is 0 Å². The van der Waals surface area contributed by atoms with E-state index in [1.54, 1.807) is 4.31 Å². The second-order valence-corrected chi connectivity index (χ2v) is 9.41. The van der Waals surface area contributed by atoms with E-state index >= 15 is 0 Å². The van der Waals surface area contributed by atoms with Crippen LogP contribution in [-0.2, 0) is 27.9 Å². The summed E-state index contributed by atoms with van der Waals surface area (Å²) in [6.07, 6.45) is 6.89. The van der Waals surface area contributed by atoms with Gasteiger partial charge in [-0.15, -0.1) is 10.2 Å². The Bertz CT molecular complexity index is 771. The molecule has 1 saturated heterocycles. The van der Waals surface area contributed by atoms with Gasteiger partial charge in [0.1, 0.15) is 0 Å². The summed E-state index contributed by atoms with van der Waals surface area (Å²) in [4.78, 5) is 14.2. The lowest BCUT2D eigenvalue weighted by atomic mass is 10.0. The summed E-state index contributed by atoms with van der Waals surface area (Å²) in [5.41, 5.74) is 0. The lowest BCUT2D eigenvalue weighted by molar-refractivity contribution is -0.133. The van der Waals surface area contributed by atoms with Crippen molar-refractivity contribution in [3.63, 3.8) is 0 Å². The molecule has 3 heterocycles. The molecule has 4 rings (SSSR count). The summed E-state index contributed by atoms with van der Waals surface area (Å²) in [7, 11) is -3.27. The van der Waals surface area contributed by atoms with Crippen molar-refractivity contribution in [3.05, 3.63) is 11.6 Å². The highest BCUT2D eigenvalue weighted by molar-refractivity contribution is 7.88. The normalized spacial score (nSPS) is 25.0. The Morgan fingerprint density at radius 3 is 2.64 bits per heavy atom. The molecule has 0 spiro atoms. The fourth-order valence-corrected chi connectivity index (χ4v) is 5.02. The molecule has 1 saturated carbocycles. The van der Waals surface area contributed by atoms with Crippen LogP contribution in [0.4, 0.5) is 0 Å². The molecule has 1 amide bonds. The van der Waals surface area contributed by atoms with Gasteiger partial charge in [0.05, 0.1) is 18.8 Å². The Kier molecular flexibility index (Phi) is 4.31. The lowest BCUT2D eigenvalue weighted by Crippen LogP contribution is -2.41. The van der Waals surface area contributed by atoms with Crippen LogP contribution in [0.25, 0.3) is 0 Å². The molecule has 0 radical (unpaired) electrons.